The minimum atomic E-state index is -0.899. The third kappa shape index (κ3) is 2.40. The van der Waals surface area contributed by atoms with Crippen molar-refractivity contribution in [3.8, 4) is 0 Å². The number of hydrogen-bond donors (Lipinski definition) is 2. The van der Waals surface area contributed by atoms with Gasteiger partial charge in [0.25, 0.3) is 0 Å². The van der Waals surface area contributed by atoms with E-state index < -0.39 is 11.6 Å². The van der Waals surface area contributed by atoms with Crippen LogP contribution in [0.4, 0.5) is 0 Å². The first-order valence-electron chi connectivity index (χ1n) is 5.71. The smallest absolute Gasteiger partial charge is 0.303 e. The molecule has 1 aromatic carbocycles. The van der Waals surface area contributed by atoms with Crippen molar-refractivity contribution in [2.45, 2.75) is 25.4 Å². The highest BCUT2D eigenvalue weighted by molar-refractivity contribution is 6.37. The van der Waals surface area contributed by atoms with Crippen LogP contribution in [0.25, 0.3) is 0 Å². The lowest BCUT2D eigenvalue weighted by Gasteiger charge is -2.12. The van der Waals surface area contributed by atoms with Crippen LogP contribution in [0.5, 0.6) is 0 Å². The summed E-state index contributed by atoms with van der Waals surface area (Å²) in [7, 11) is 0. The molecule has 1 unspecified atom stereocenters. The minimum absolute atomic E-state index is 0.0348. The molecule has 1 aliphatic rings. The molecule has 5 nitrogen and oxygen atoms in total. The normalized spacial score (nSPS) is 22.5. The fourth-order valence-corrected chi connectivity index (χ4v) is 1.86. The molecule has 1 aromatic rings. The molecule has 0 radical (unpaired) electrons. The molecule has 0 saturated heterocycles. The van der Waals surface area contributed by atoms with Gasteiger partial charge in [-0.2, -0.15) is 0 Å². The van der Waals surface area contributed by atoms with Gasteiger partial charge >= 0.3 is 11.6 Å². The molecule has 0 aromatic heterocycles. The molecule has 2 N–H and O–H groups in total. The Labute approximate surface area is 105 Å². The second-order valence-corrected chi connectivity index (χ2v) is 4.45. The maximum atomic E-state index is 10.6. The van der Waals surface area contributed by atoms with Gasteiger partial charge in [-0.3, -0.25) is 10.0 Å². The Bertz CT molecular complexity index is 522. The van der Waals surface area contributed by atoms with Gasteiger partial charge in [0.1, 0.15) is 5.71 Å². The highest BCUT2D eigenvalue weighted by Crippen LogP contribution is 2.23. The standard InChI is InChI=1S/C13H14N2O3/c1-13(8-7-12(16)17)14-11(9-15(13)18)10-5-3-2-4-6-10/h2-6,9H,7-8H2,1H3,(H-,14,16,17,18)/p+1. The summed E-state index contributed by atoms with van der Waals surface area (Å²) in [5.41, 5.74) is 0.658. The van der Waals surface area contributed by atoms with E-state index in [0.29, 0.717) is 5.71 Å². The van der Waals surface area contributed by atoms with Crippen LogP contribution in [0.2, 0.25) is 0 Å². The number of rotatable bonds is 4. The van der Waals surface area contributed by atoms with Gasteiger partial charge in [-0.15, -0.1) is 0 Å². The summed E-state index contributed by atoms with van der Waals surface area (Å²) in [6.07, 6.45) is 1.75. The van der Waals surface area contributed by atoms with Crippen molar-refractivity contribution >= 4 is 17.9 Å². The van der Waals surface area contributed by atoms with E-state index in [2.05, 4.69) is 4.99 Å². The molecule has 0 amide bonds. The zero-order valence-electron chi connectivity index (χ0n) is 10.1. The fraction of sp³-hybridized carbons (Fsp3) is 0.308. The van der Waals surface area contributed by atoms with Crippen LogP contribution in [0.15, 0.2) is 35.3 Å². The number of hydrogen-bond acceptors (Lipinski definition) is 3. The molecule has 5 heteroatoms. The Balaban J connectivity index is 2.24. The molecule has 18 heavy (non-hydrogen) atoms. The lowest BCUT2D eigenvalue weighted by atomic mass is 10.1. The molecular formula is C13H15N2O3+. The summed E-state index contributed by atoms with van der Waals surface area (Å²) in [5.74, 6) is -0.895. The molecule has 1 atom stereocenters. The monoisotopic (exact) mass is 247 g/mol. The van der Waals surface area contributed by atoms with Crippen LogP contribution in [0.3, 0.4) is 0 Å². The Morgan fingerprint density at radius 1 is 1.39 bits per heavy atom. The van der Waals surface area contributed by atoms with E-state index in [1.165, 1.54) is 6.21 Å². The number of nitrogens with zero attached hydrogens (tertiary/aromatic N) is 2. The lowest BCUT2D eigenvalue weighted by Crippen LogP contribution is -2.33. The molecule has 0 bridgehead atoms. The quantitative estimate of drug-likeness (QED) is 0.626. The topological polar surface area (TPSA) is 72.9 Å². The fourth-order valence-electron chi connectivity index (χ4n) is 1.86. The van der Waals surface area contributed by atoms with Gasteiger partial charge in [-0.1, -0.05) is 30.3 Å². The van der Waals surface area contributed by atoms with Gasteiger partial charge in [-0.25, -0.2) is 4.99 Å². The molecule has 0 saturated carbocycles. The number of benzene rings is 1. The average molecular weight is 247 g/mol. The summed E-state index contributed by atoms with van der Waals surface area (Å²) < 4.78 is 0.984. The van der Waals surface area contributed by atoms with Gasteiger partial charge in [0.2, 0.25) is 6.21 Å². The van der Waals surface area contributed by atoms with Gasteiger partial charge < -0.3 is 5.11 Å². The largest absolute Gasteiger partial charge is 0.481 e. The van der Waals surface area contributed by atoms with E-state index in [1.807, 2.05) is 30.3 Å². The van der Waals surface area contributed by atoms with Crippen LogP contribution < -0.4 is 0 Å². The third-order valence-electron chi connectivity index (χ3n) is 2.98. The Morgan fingerprint density at radius 3 is 2.67 bits per heavy atom. The Hall–Kier alpha value is -2.17. The molecule has 94 valence electrons. The van der Waals surface area contributed by atoms with Gasteiger partial charge in [0.05, 0.1) is 6.42 Å². The lowest BCUT2D eigenvalue weighted by molar-refractivity contribution is -0.818. The van der Waals surface area contributed by atoms with E-state index in [-0.39, 0.29) is 12.8 Å². The number of hydroxylamine groups is 1. The second-order valence-electron chi connectivity index (χ2n) is 4.45. The van der Waals surface area contributed by atoms with Crippen LogP contribution in [-0.2, 0) is 4.79 Å². The molecule has 0 fully saturated rings. The average Bonchev–Trinajstić information content (AvgIpc) is 2.65. The first-order valence-corrected chi connectivity index (χ1v) is 5.71. The second kappa shape index (κ2) is 4.60. The highest BCUT2D eigenvalue weighted by Gasteiger charge is 2.42. The van der Waals surface area contributed by atoms with Crippen molar-refractivity contribution in [2.75, 3.05) is 0 Å². The first-order chi connectivity index (χ1) is 8.51. The minimum Gasteiger partial charge on any atom is -0.481 e. The van der Waals surface area contributed by atoms with E-state index in [9.17, 15) is 10.0 Å². The summed E-state index contributed by atoms with van der Waals surface area (Å²) in [6.45, 7) is 1.71. The molecular weight excluding hydrogens is 232 g/mol. The summed E-state index contributed by atoms with van der Waals surface area (Å²) in [4.78, 5) is 15.0. The number of aliphatic carboxylic acids is 1. The van der Waals surface area contributed by atoms with Crippen molar-refractivity contribution in [3.05, 3.63) is 35.9 Å². The van der Waals surface area contributed by atoms with Crippen LogP contribution in [0.1, 0.15) is 25.3 Å². The van der Waals surface area contributed by atoms with Crippen LogP contribution in [-0.4, -0.2) is 38.6 Å². The van der Waals surface area contributed by atoms with Crippen LogP contribution in [0, 0.1) is 0 Å². The van der Waals surface area contributed by atoms with Crippen molar-refractivity contribution < 1.29 is 19.8 Å². The van der Waals surface area contributed by atoms with Crippen molar-refractivity contribution in [1.82, 2.24) is 0 Å². The summed E-state index contributed by atoms with van der Waals surface area (Å²) >= 11 is 0. The molecule has 1 heterocycles. The van der Waals surface area contributed by atoms with Gasteiger partial charge in [-0.05, 0) is 0 Å². The predicted octanol–water partition coefficient (Wildman–Crippen LogP) is 1.54. The number of carbonyl (C=O) groups is 1. The third-order valence-corrected chi connectivity index (χ3v) is 2.98. The number of carboxylic acid groups (broad SMARTS) is 1. The van der Waals surface area contributed by atoms with Crippen molar-refractivity contribution in [3.63, 3.8) is 0 Å². The zero-order valence-corrected chi connectivity index (χ0v) is 10.1. The summed E-state index contributed by atoms with van der Waals surface area (Å²) in [5, 5.41) is 18.6. The van der Waals surface area contributed by atoms with Crippen LogP contribution >= 0.6 is 0 Å². The molecule has 1 aliphatic heterocycles. The number of carboxylic acids is 1. The maximum Gasteiger partial charge on any atom is 0.303 e. The predicted molar refractivity (Wildman–Crippen MR) is 66.4 cm³/mol. The van der Waals surface area contributed by atoms with Gasteiger partial charge in [0, 0.05) is 23.6 Å². The van der Waals surface area contributed by atoms with E-state index in [4.69, 9.17) is 5.11 Å². The van der Waals surface area contributed by atoms with Gasteiger partial charge in [0.15, 0.2) is 0 Å². The molecule has 0 aliphatic carbocycles. The van der Waals surface area contributed by atoms with Crippen molar-refractivity contribution in [1.29, 1.82) is 0 Å². The van der Waals surface area contributed by atoms with E-state index >= 15 is 0 Å². The SMILES string of the molecule is CC1(CCC(=O)O)N=C(c2ccccc2)C=[N+]1O. The maximum absolute atomic E-state index is 10.6. The van der Waals surface area contributed by atoms with Crippen molar-refractivity contribution in [2.24, 2.45) is 4.99 Å². The number of aliphatic imine (C=N–C) groups is 1. The van der Waals surface area contributed by atoms with E-state index in [0.717, 1.165) is 10.3 Å². The molecule has 2 rings (SSSR count). The Morgan fingerprint density at radius 2 is 2.06 bits per heavy atom. The summed E-state index contributed by atoms with van der Waals surface area (Å²) in [6, 6.07) is 9.47. The molecule has 0 spiro atoms. The highest BCUT2D eigenvalue weighted by atomic mass is 16.5. The zero-order chi connectivity index (χ0) is 13.2. The first kappa shape index (κ1) is 12.3. The van der Waals surface area contributed by atoms with E-state index in [1.54, 1.807) is 6.92 Å². The Kier molecular flexibility index (Phi) is 3.14.